The van der Waals surface area contributed by atoms with Gasteiger partial charge in [0.15, 0.2) is 16.6 Å². The highest BCUT2D eigenvalue weighted by molar-refractivity contribution is 8.00. The first-order valence-corrected chi connectivity index (χ1v) is 17.3. The van der Waals surface area contributed by atoms with Crippen molar-refractivity contribution in [2.45, 2.75) is 23.5 Å². The number of halogens is 1. The van der Waals surface area contributed by atoms with E-state index in [1.165, 1.54) is 37.3 Å². The first-order chi connectivity index (χ1) is 23.8. The van der Waals surface area contributed by atoms with Gasteiger partial charge in [-0.05, 0) is 72.7 Å². The van der Waals surface area contributed by atoms with E-state index in [2.05, 4.69) is 20.9 Å². The number of thioether (sulfide) groups is 1. The maximum atomic E-state index is 13.7. The molecule has 1 aromatic heterocycles. The second-order valence-electron chi connectivity index (χ2n) is 10.5. The molecule has 4 aromatic carbocycles. The average molecular weight is 713 g/mol. The Kier molecular flexibility index (Phi) is 12.1. The van der Waals surface area contributed by atoms with E-state index in [9.17, 15) is 14.4 Å². The normalized spacial score (nSPS) is 11.7. The minimum Gasteiger partial charge on any atom is -0.493 e. The second-order valence-corrected chi connectivity index (χ2v) is 13.1. The minimum atomic E-state index is -0.536. The topological polar surface area (TPSA) is 119 Å². The number of aromatic nitrogens is 1. The van der Waals surface area contributed by atoms with E-state index in [0.717, 1.165) is 16.2 Å². The number of hydrogen-bond acceptors (Lipinski definition) is 8. The summed E-state index contributed by atoms with van der Waals surface area (Å²) < 4.78 is 10.7. The summed E-state index contributed by atoms with van der Waals surface area (Å²) in [6.07, 6.45) is 2.12. The largest absolute Gasteiger partial charge is 0.493 e. The van der Waals surface area contributed by atoms with E-state index in [1.54, 1.807) is 84.9 Å². The number of nitrogens with one attached hydrogen (secondary N) is 3. The number of hydrogen-bond donors (Lipinski definition) is 3. The van der Waals surface area contributed by atoms with E-state index in [4.69, 9.17) is 21.1 Å². The van der Waals surface area contributed by atoms with E-state index < -0.39 is 17.1 Å². The van der Waals surface area contributed by atoms with E-state index in [0.29, 0.717) is 44.9 Å². The summed E-state index contributed by atoms with van der Waals surface area (Å²) in [6.45, 7) is 1.94. The molecule has 3 amide bonds. The molecule has 0 aliphatic carbocycles. The van der Waals surface area contributed by atoms with Gasteiger partial charge in [-0.3, -0.25) is 14.4 Å². The lowest BCUT2D eigenvalue weighted by Gasteiger charge is -2.15. The molecule has 12 heteroatoms. The first-order valence-electron chi connectivity index (χ1n) is 15.2. The summed E-state index contributed by atoms with van der Waals surface area (Å²) in [4.78, 5) is 45.3. The smallest absolute Gasteiger partial charge is 0.272 e. The lowest BCUT2D eigenvalue weighted by molar-refractivity contribution is -0.116. The highest BCUT2D eigenvalue weighted by atomic mass is 35.5. The van der Waals surface area contributed by atoms with Crippen LogP contribution in [0.4, 0.5) is 10.8 Å². The summed E-state index contributed by atoms with van der Waals surface area (Å²) in [5, 5.41) is 11.2. The molecule has 5 rings (SSSR count). The van der Waals surface area contributed by atoms with Gasteiger partial charge in [-0.25, -0.2) is 4.98 Å². The van der Waals surface area contributed by atoms with Crippen molar-refractivity contribution in [3.05, 3.63) is 124 Å². The zero-order chi connectivity index (χ0) is 34.8. The van der Waals surface area contributed by atoms with Crippen LogP contribution in [0.5, 0.6) is 11.5 Å². The lowest BCUT2D eigenvalue weighted by Crippen LogP contribution is -2.30. The van der Waals surface area contributed by atoms with Crippen LogP contribution in [0.2, 0.25) is 5.02 Å². The molecule has 0 saturated heterocycles. The number of carbonyl (C=O) groups is 3. The Labute approximate surface area is 297 Å². The van der Waals surface area contributed by atoms with E-state index in [-0.39, 0.29) is 11.6 Å². The monoisotopic (exact) mass is 712 g/mol. The standard InChI is InChI=1S/C37H33ClN4O5S2/c1-4-33(36(45)42-37-41-30(22-48-37)24-14-16-26(38)17-15-24)49-28-12-8-11-27(21-28)39-35(44)29(40-34(43)25-9-6-5-7-10-25)19-23-13-18-31(46-2)32(20-23)47-3/h5-22,33H,4H2,1-3H3,(H,39,44)(H,40,43)(H,41,42,45)/b29-19+. The summed E-state index contributed by atoms with van der Waals surface area (Å²) >= 11 is 8.73. The van der Waals surface area contributed by atoms with Crippen LogP contribution < -0.4 is 25.4 Å². The quantitative estimate of drug-likeness (QED) is 0.0829. The van der Waals surface area contributed by atoms with Gasteiger partial charge in [0.2, 0.25) is 5.91 Å². The van der Waals surface area contributed by atoms with Crippen molar-refractivity contribution in [2.24, 2.45) is 0 Å². The molecule has 49 heavy (non-hydrogen) atoms. The molecule has 0 saturated carbocycles. The lowest BCUT2D eigenvalue weighted by atomic mass is 10.1. The van der Waals surface area contributed by atoms with Gasteiger partial charge in [-0.15, -0.1) is 23.1 Å². The van der Waals surface area contributed by atoms with Crippen LogP contribution in [0.25, 0.3) is 17.3 Å². The Morgan fingerprint density at radius 3 is 2.37 bits per heavy atom. The molecular weight excluding hydrogens is 680 g/mol. The fourth-order valence-corrected chi connectivity index (χ4v) is 6.52. The number of carbonyl (C=O) groups excluding carboxylic acids is 3. The van der Waals surface area contributed by atoms with Crippen LogP contribution in [0, 0.1) is 0 Å². The van der Waals surface area contributed by atoms with Gasteiger partial charge in [0, 0.05) is 32.1 Å². The van der Waals surface area contributed by atoms with Gasteiger partial charge in [-0.1, -0.05) is 61.0 Å². The number of methoxy groups -OCH3 is 2. The summed E-state index contributed by atoms with van der Waals surface area (Å²) in [7, 11) is 3.05. The molecule has 5 aromatic rings. The second kappa shape index (κ2) is 16.8. The zero-order valence-corrected chi connectivity index (χ0v) is 29.2. The number of thiazole rings is 1. The third kappa shape index (κ3) is 9.50. The van der Waals surface area contributed by atoms with Crippen LogP contribution in [-0.2, 0) is 9.59 Å². The number of anilines is 2. The van der Waals surface area contributed by atoms with Crippen LogP contribution >= 0.6 is 34.7 Å². The average Bonchev–Trinajstić information content (AvgIpc) is 3.59. The molecule has 0 radical (unpaired) electrons. The van der Waals surface area contributed by atoms with Crippen molar-refractivity contribution in [1.82, 2.24) is 10.3 Å². The van der Waals surface area contributed by atoms with Crippen LogP contribution in [0.3, 0.4) is 0 Å². The van der Waals surface area contributed by atoms with Gasteiger partial charge in [-0.2, -0.15) is 0 Å². The predicted molar refractivity (Wildman–Crippen MR) is 198 cm³/mol. The molecule has 1 atom stereocenters. The maximum Gasteiger partial charge on any atom is 0.272 e. The van der Waals surface area contributed by atoms with Crippen molar-refractivity contribution in [3.63, 3.8) is 0 Å². The Hall–Kier alpha value is -5.10. The molecule has 1 heterocycles. The van der Waals surface area contributed by atoms with Crippen molar-refractivity contribution < 1.29 is 23.9 Å². The SMILES string of the molecule is CCC(Sc1cccc(NC(=O)/C(=C\c2ccc(OC)c(OC)c2)NC(=O)c2ccccc2)c1)C(=O)Nc1nc(-c2ccc(Cl)cc2)cs1. The van der Waals surface area contributed by atoms with Crippen molar-refractivity contribution in [3.8, 4) is 22.8 Å². The highest BCUT2D eigenvalue weighted by Gasteiger charge is 2.21. The summed E-state index contributed by atoms with van der Waals surface area (Å²) in [5.74, 6) is -0.152. The van der Waals surface area contributed by atoms with Crippen molar-refractivity contribution in [2.75, 3.05) is 24.9 Å². The Morgan fingerprint density at radius 2 is 1.65 bits per heavy atom. The maximum absolute atomic E-state index is 13.7. The number of rotatable bonds is 13. The fourth-order valence-electron chi connectivity index (χ4n) is 4.65. The fraction of sp³-hybridized carbons (Fsp3) is 0.135. The molecule has 1 unspecified atom stereocenters. The summed E-state index contributed by atoms with van der Waals surface area (Å²) in [5.41, 5.74) is 3.17. The Balaban J connectivity index is 1.30. The van der Waals surface area contributed by atoms with Gasteiger partial charge >= 0.3 is 0 Å². The third-order valence-electron chi connectivity index (χ3n) is 7.16. The van der Waals surface area contributed by atoms with Crippen LogP contribution in [0.1, 0.15) is 29.3 Å². The zero-order valence-electron chi connectivity index (χ0n) is 26.9. The molecule has 0 spiro atoms. The Bertz CT molecular complexity index is 1970. The van der Waals surface area contributed by atoms with Crippen LogP contribution in [-0.4, -0.2) is 42.2 Å². The number of benzene rings is 4. The molecule has 250 valence electrons. The number of ether oxygens (including phenoxy) is 2. The van der Waals surface area contributed by atoms with E-state index >= 15 is 0 Å². The van der Waals surface area contributed by atoms with Gasteiger partial charge in [0.1, 0.15) is 5.70 Å². The first kappa shape index (κ1) is 35.2. The van der Waals surface area contributed by atoms with Gasteiger partial charge in [0.25, 0.3) is 11.8 Å². The molecule has 9 nitrogen and oxygen atoms in total. The van der Waals surface area contributed by atoms with Gasteiger partial charge < -0.3 is 25.4 Å². The Morgan fingerprint density at radius 1 is 0.898 bits per heavy atom. The molecule has 0 aliphatic heterocycles. The third-order valence-corrected chi connectivity index (χ3v) is 9.52. The molecule has 0 aliphatic rings. The van der Waals surface area contributed by atoms with Gasteiger partial charge in [0.05, 0.1) is 25.2 Å². The molecular formula is C37H33ClN4O5S2. The molecule has 0 fully saturated rings. The molecule has 3 N–H and O–H groups in total. The summed E-state index contributed by atoms with van der Waals surface area (Å²) in [6, 6.07) is 28.3. The van der Waals surface area contributed by atoms with Crippen molar-refractivity contribution in [1.29, 1.82) is 0 Å². The predicted octanol–water partition coefficient (Wildman–Crippen LogP) is 8.40. The van der Waals surface area contributed by atoms with E-state index in [1.807, 2.05) is 30.5 Å². The number of nitrogens with zero attached hydrogens (tertiary/aromatic N) is 1. The molecule has 0 bridgehead atoms. The minimum absolute atomic E-state index is 0.0198. The van der Waals surface area contributed by atoms with Crippen LogP contribution in [0.15, 0.2) is 113 Å². The number of amides is 3. The van der Waals surface area contributed by atoms with Crippen molar-refractivity contribution >= 4 is 69.3 Å². The highest BCUT2D eigenvalue weighted by Crippen LogP contribution is 2.31.